The second kappa shape index (κ2) is 11.8. The first kappa shape index (κ1) is 32.5. The average molecular weight is 651 g/mol. The molecule has 0 aliphatic heterocycles. The van der Waals surface area contributed by atoms with Crippen molar-refractivity contribution in [2.45, 2.75) is 68.4 Å². The van der Waals surface area contributed by atoms with Crippen molar-refractivity contribution < 1.29 is 40.3 Å². The van der Waals surface area contributed by atoms with E-state index in [9.17, 15) is 31.2 Å². The van der Waals surface area contributed by atoms with Crippen LogP contribution in [0.1, 0.15) is 61.6 Å². The molecule has 5 rings (SSSR count). The minimum atomic E-state index is -5.61. The van der Waals surface area contributed by atoms with Gasteiger partial charge in [-0.05, 0) is 61.4 Å². The molecule has 45 heavy (non-hydrogen) atoms. The van der Waals surface area contributed by atoms with Gasteiger partial charge in [-0.25, -0.2) is 12.8 Å². The Labute approximate surface area is 258 Å². The van der Waals surface area contributed by atoms with E-state index in [0.717, 1.165) is 42.8 Å². The van der Waals surface area contributed by atoms with Crippen LogP contribution in [0, 0.1) is 23.6 Å². The second-order valence-corrected chi connectivity index (χ2v) is 14.5. The zero-order chi connectivity index (χ0) is 32.9. The molecule has 0 spiro atoms. The van der Waals surface area contributed by atoms with Crippen LogP contribution in [0.4, 0.5) is 23.2 Å². The number of carbonyl (C=O) groups excluding carboxylic acids is 2. The van der Waals surface area contributed by atoms with Crippen molar-refractivity contribution >= 4 is 27.3 Å². The lowest BCUT2D eigenvalue weighted by Gasteiger charge is -2.31. The minimum Gasteiger partial charge on any atom is -0.496 e. The fraction of sp³-hybridized carbons (Fsp3) is 0.452. The van der Waals surface area contributed by atoms with Gasteiger partial charge in [-0.2, -0.15) is 18.3 Å². The van der Waals surface area contributed by atoms with E-state index >= 15 is 4.39 Å². The first-order valence-electron chi connectivity index (χ1n) is 14.4. The Kier molecular flexibility index (Phi) is 8.49. The number of sulfone groups is 1. The van der Waals surface area contributed by atoms with E-state index in [1.165, 1.54) is 19.2 Å². The van der Waals surface area contributed by atoms with E-state index in [-0.39, 0.29) is 46.4 Å². The monoisotopic (exact) mass is 650 g/mol. The van der Waals surface area contributed by atoms with E-state index in [4.69, 9.17) is 4.74 Å². The van der Waals surface area contributed by atoms with E-state index in [1.807, 2.05) is 26.8 Å². The summed E-state index contributed by atoms with van der Waals surface area (Å²) in [5.74, 6) is -2.53. The number of methoxy groups -OCH3 is 1. The summed E-state index contributed by atoms with van der Waals surface area (Å²) in [5, 5.41) is 9.82. The third-order valence-corrected chi connectivity index (χ3v) is 10.1. The van der Waals surface area contributed by atoms with Crippen molar-refractivity contribution in [1.82, 2.24) is 15.1 Å². The van der Waals surface area contributed by atoms with Crippen LogP contribution in [0.3, 0.4) is 0 Å². The number of benzene rings is 2. The van der Waals surface area contributed by atoms with Crippen LogP contribution >= 0.6 is 0 Å². The highest BCUT2D eigenvalue weighted by atomic mass is 32.2. The standard InChI is InChI=1S/C31H34F4N4O5S/c1-30(2,3)25-10-11-36-39(25)16-19-13-22(24(44-4)15-23(19)32)28(40)38-27-18-9-8-17(12-18)26(27)29(41)37-20-6-5-7-21(14-20)45(42,43)31(33,34)35/h5-7,10-11,13-15,17-18,26-27H,8-9,12,16H2,1-4H3,(H,37,41)(H,38,40)/t17-,18+,26+,27-/m1/s1. The largest absolute Gasteiger partial charge is 0.501 e. The molecule has 2 aliphatic carbocycles. The van der Waals surface area contributed by atoms with E-state index < -0.39 is 49.8 Å². The maximum atomic E-state index is 15.2. The number of hydrogen-bond donors (Lipinski definition) is 2. The number of alkyl halides is 3. The number of rotatable bonds is 8. The van der Waals surface area contributed by atoms with Crippen LogP contribution in [0.5, 0.6) is 5.75 Å². The van der Waals surface area contributed by atoms with Crippen molar-refractivity contribution in [3.63, 3.8) is 0 Å². The van der Waals surface area contributed by atoms with Gasteiger partial charge in [0.2, 0.25) is 5.91 Å². The van der Waals surface area contributed by atoms with Crippen molar-refractivity contribution in [2.75, 3.05) is 12.4 Å². The van der Waals surface area contributed by atoms with Gasteiger partial charge >= 0.3 is 5.51 Å². The maximum Gasteiger partial charge on any atom is 0.501 e. The van der Waals surface area contributed by atoms with Crippen LogP contribution in [-0.2, 0) is 26.6 Å². The lowest BCUT2D eigenvalue weighted by molar-refractivity contribution is -0.122. The predicted octanol–water partition coefficient (Wildman–Crippen LogP) is 5.45. The lowest BCUT2D eigenvalue weighted by atomic mass is 9.83. The molecule has 2 N–H and O–H groups in total. The number of nitrogens with zero attached hydrogens (tertiary/aromatic N) is 2. The van der Waals surface area contributed by atoms with Crippen molar-refractivity contribution in [1.29, 1.82) is 0 Å². The molecule has 0 unspecified atom stereocenters. The van der Waals surface area contributed by atoms with Crippen molar-refractivity contribution in [2.24, 2.45) is 17.8 Å². The summed E-state index contributed by atoms with van der Waals surface area (Å²) < 4.78 is 85.2. The third-order valence-electron chi connectivity index (χ3n) is 8.65. The van der Waals surface area contributed by atoms with Crippen LogP contribution in [0.25, 0.3) is 0 Å². The minimum absolute atomic E-state index is 0.0112. The van der Waals surface area contributed by atoms with E-state index in [0.29, 0.717) is 6.42 Å². The topological polar surface area (TPSA) is 119 Å². The summed E-state index contributed by atoms with van der Waals surface area (Å²) in [7, 11) is -4.29. The van der Waals surface area contributed by atoms with Gasteiger partial charge in [0.25, 0.3) is 15.7 Å². The fourth-order valence-electron chi connectivity index (χ4n) is 6.53. The molecule has 2 aromatic carbocycles. The number of fused-ring (bicyclic) bond motifs is 2. The van der Waals surface area contributed by atoms with E-state index in [1.54, 1.807) is 10.9 Å². The Balaban J connectivity index is 1.38. The zero-order valence-corrected chi connectivity index (χ0v) is 25.9. The van der Waals surface area contributed by atoms with Crippen LogP contribution < -0.4 is 15.4 Å². The highest BCUT2D eigenvalue weighted by Crippen LogP contribution is 2.49. The number of hydrogen-bond acceptors (Lipinski definition) is 6. The summed E-state index contributed by atoms with van der Waals surface area (Å²) in [6.07, 6.45) is 3.77. The van der Waals surface area contributed by atoms with Crippen molar-refractivity contribution in [3.05, 3.63) is 71.3 Å². The third kappa shape index (κ3) is 6.29. The van der Waals surface area contributed by atoms with Gasteiger partial charge in [0.1, 0.15) is 11.6 Å². The smallest absolute Gasteiger partial charge is 0.496 e. The van der Waals surface area contributed by atoms with Gasteiger partial charge in [0.15, 0.2) is 0 Å². The molecule has 2 saturated carbocycles. The molecule has 1 aromatic heterocycles. The molecule has 2 amide bonds. The Bertz CT molecular complexity index is 1730. The highest BCUT2D eigenvalue weighted by molar-refractivity contribution is 7.92. The van der Waals surface area contributed by atoms with Crippen LogP contribution in [-0.4, -0.2) is 48.7 Å². The predicted molar refractivity (Wildman–Crippen MR) is 157 cm³/mol. The Morgan fingerprint density at radius 2 is 1.78 bits per heavy atom. The average Bonchev–Trinajstić information content (AvgIpc) is 3.70. The summed E-state index contributed by atoms with van der Waals surface area (Å²) in [5.41, 5.74) is -4.71. The number of amides is 2. The van der Waals surface area contributed by atoms with Gasteiger partial charge in [0, 0.05) is 40.7 Å². The maximum absolute atomic E-state index is 15.2. The molecule has 14 heteroatoms. The van der Waals surface area contributed by atoms with Gasteiger partial charge in [0.05, 0.1) is 30.0 Å². The fourth-order valence-corrected chi connectivity index (χ4v) is 7.34. The molecule has 4 atom stereocenters. The molecule has 0 saturated heterocycles. The second-order valence-electron chi connectivity index (χ2n) is 12.6. The number of anilines is 1. The van der Waals surface area contributed by atoms with E-state index in [2.05, 4.69) is 15.7 Å². The summed E-state index contributed by atoms with van der Waals surface area (Å²) in [6.45, 7) is 6.09. The van der Waals surface area contributed by atoms with Gasteiger partial charge in [-0.1, -0.05) is 26.8 Å². The normalized spacial score (nSPS) is 21.5. The van der Waals surface area contributed by atoms with Gasteiger partial charge in [-0.15, -0.1) is 0 Å². The van der Waals surface area contributed by atoms with Crippen LogP contribution in [0.15, 0.2) is 53.6 Å². The molecule has 0 radical (unpaired) electrons. The molecular formula is C31H34F4N4O5S. The molecule has 2 aliphatic rings. The molecule has 2 bridgehead atoms. The number of halogens is 4. The summed E-state index contributed by atoms with van der Waals surface area (Å²) in [6, 6.07) is 7.75. The number of aromatic nitrogens is 2. The van der Waals surface area contributed by atoms with Crippen molar-refractivity contribution in [3.8, 4) is 5.75 Å². The van der Waals surface area contributed by atoms with Crippen LogP contribution in [0.2, 0.25) is 0 Å². The molecule has 1 heterocycles. The first-order chi connectivity index (χ1) is 21.0. The summed E-state index contributed by atoms with van der Waals surface area (Å²) >= 11 is 0. The van der Waals surface area contributed by atoms with Gasteiger partial charge < -0.3 is 15.4 Å². The quantitative estimate of drug-likeness (QED) is 0.313. The Hall–Kier alpha value is -3.94. The number of nitrogens with one attached hydrogen (secondary N) is 2. The first-order valence-corrected chi connectivity index (χ1v) is 15.9. The molecule has 9 nitrogen and oxygen atoms in total. The molecular weight excluding hydrogens is 616 g/mol. The SMILES string of the molecule is COc1cc(F)c(Cn2nccc2C(C)(C)C)cc1C(=O)N[C@@H]1[C@H]2CC[C@H](C2)[C@@H]1C(=O)Nc1cccc(S(=O)(=O)C(F)(F)F)c1. The Morgan fingerprint density at radius 1 is 1.07 bits per heavy atom. The molecule has 3 aromatic rings. The highest BCUT2D eigenvalue weighted by Gasteiger charge is 2.52. The number of carbonyl (C=O) groups is 2. The zero-order valence-electron chi connectivity index (χ0n) is 25.1. The molecule has 2 fully saturated rings. The number of ether oxygens (including phenoxy) is 1. The Morgan fingerprint density at radius 3 is 2.44 bits per heavy atom. The summed E-state index contributed by atoms with van der Waals surface area (Å²) in [4.78, 5) is 26.2. The molecule has 242 valence electrons. The lowest BCUT2D eigenvalue weighted by Crippen LogP contribution is -2.48. The van der Waals surface area contributed by atoms with Gasteiger partial charge in [-0.3, -0.25) is 14.3 Å².